The van der Waals surface area contributed by atoms with Crippen molar-refractivity contribution in [2.24, 2.45) is 0 Å². The Hall–Kier alpha value is -2.32. The van der Waals surface area contributed by atoms with E-state index in [1.807, 2.05) is 0 Å². The second-order valence-electron chi connectivity index (χ2n) is 6.16. The molecule has 0 aliphatic rings. The van der Waals surface area contributed by atoms with Crippen LogP contribution in [0, 0.1) is 0 Å². The minimum absolute atomic E-state index is 0.450. The summed E-state index contributed by atoms with van der Waals surface area (Å²) in [5, 5.41) is 2.41. The molecule has 1 N–H and O–H groups in total. The second-order valence-corrected chi connectivity index (χ2v) is 6.16. The van der Waals surface area contributed by atoms with Crippen molar-refractivity contribution in [1.82, 2.24) is 0 Å². The predicted octanol–water partition coefficient (Wildman–Crippen LogP) is 3.49. The topological polar surface area (TPSA) is 13.7 Å². The first kappa shape index (κ1) is 15.6. The maximum absolute atomic E-state index is 6.11. The summed E-state index contributed by atoms with van der Waals surface area (Å²) in [6.45, 7) is 0.721. The fraction of sp³-hybridized carbons (Fsp3) is 0.238. The largest absolute Gasteiger partial charge is 0.493 e. The summed E-state index contributed by atoms with van der Waals surface area (Å²) in [5.41, 5.74) is 1.37. The zero-order chi connectivity index (χ0) is 16.1. The predicted molar refractivity (Wildman–Crippen MR) is 96.1 cm³/mol. The van der Waals surface area contributed by atoms with E-state index in [1.54, 1.807) is 0 Å². The van der Waals surface area contributed by atoms with Gasteiger partial charge in [-0.15, -0.1) is 0 Å². The third-order valence-electron chi connectivity index (χ3n) is 4.31. The van der Waals surface area contributed by atoms with E-state index in [0.717, 1.165) is 18.8 Å². The van der Waals surface area contributed by atoms with Crippen molar-refractivity contribution in [2.45, 2.75) is 12.5 Å². The molecule has 118 valence electrons. The van der Waals surface area contributed by atoms with Crippen LogP contribution in [0.2, 0.25) is 0 Å². The van der Waals surface area contributed by atoms with Crippen LogP contribution in [0.5, 0.6) is 5.75 Å². The van der Waals surface area contributed by atoms with Gasteiger partial charge in [0.2, 0.25) is 0 Å². The molecule has 1 atom stereocenters. The van der Waals surface area contributed by atoms with Crippen LogP contribution < -0.4 is 9.64 Å². The van der Waals surface area contributed by atoms with Gasteiger partial charge in [0, 0.05) is 17.4 Å². The van der Waals surface area contributed by atoms with E-state index in [9.17, 15) is 0 Å². The first-order chi connectivity index (χ1) is 11.3. The van der Waals surface area contributed by atoms with Gasteiger partial charge in [0.15, 0.2) is 0 Å². The summed E-state index contributed by atoms with van der Waals surface area (Å²) in [6, 6.07) is 25.8. The number of fused-ring (bicyclic) bond motifs is 1. The fourth-order valence-corrected chi connectivity index (χ4v) is 3.08. The maximum atomic E-state index is 6.11. The van der Waals surface area contributed by atoms with Gasteiger partial charge in [-0.2, -0.15) is 0 Å². The zero-order valence-electron chi connectivity index (χ0n) is 13.8. The highest BCUT2D eigenvalue weighted by atomic mass is 16.5. The first-order valence-electron chi connectivity index (χ1n) is 8.21. The molecule has 3 aromatic rings. The lowest BCUT2D eigenvalue weighted by Crippen LogP contribution is -3.06. The Morgan fingerprint density at radius 3 is 2.30 bits per heavy atom. The summed E-state index contributed by atoms with van der Waals surface area (Å²) in [4.78, 5) is 1.43. The molecule has 2 heteroatoms. The number of benzene rings is 3. The van der Waals surface area contributed by atoms with Gasteiger partial charge in [0.05, 0.1) is 20.7 Å². The van der Waals surface area contributed by atoms with Crippen molar-refractivity contribution < 1.29 is 9.64 Å². The van der Waals surface area contributed by atoms with Crippen LogP contribution in [-0.2, 0) is 0 Å². The molecule has 2 nitrogen and oxygen atoms in total. The molecular weight excluding hydrogens is 282 g/mol. The molecule has 0 unspecified atom stereocenters. The lowest BCUT2D eigenvalue weighted by Gasteiger charge is -2.22. The van der Waals surface area contributed by atoms with Gasteiger partial charge in [-0.1, -0.05) is 66.7 Å². The number of quaternary nitrogens is 1. The van der Waals surface area contributed by atoms with E-state index in [4.69, 9.17) is 4.74 Å². The number of hydrogen-bond acceptors (Lipinski definition) is 1. The third-order valence-corrected chi connectivity index (χ3v) is 4.31. The van der Waals surface area contributed by atoms with Crippen molar-refractivity contribution >= 4 is 10.8 Å². The van der Waals surface area contributed by atoms with Crippen LogP contribution >= 0.6 is 0 Å². The van der Waals surface area contributed by atoms with Gasteiger partial charge in [-0.25, -0.2) is 0 Å². The average molecular weight is 306 g/mol. The van der Waals surface area contributed by atoms with Crippen molar-refractivity contribution in [3.8, 4) is 5.75 Å². The van der Waals surface area contributed by atoms with Crippen LogP contribution in [0.15, 0.2) is 72.8 Å². The van der Waals surface area contributed by atoms with Crippen LogP contribution in [0.1, 0.15) is 18.0 Å². The molecule has 0 saturated carbocycles. The highest BCUT2D eigenvalue weighted by molar-refractivity contribution is 5.88. The van der Waals surface area contributed by atoms with Crippen LogP contribution in [-0.4, -0.2) is 20.7 Å². The highest BCUT2D eigenvalue weighted by Crippen LogP contribution is 2.25. The quantitative estimate of drug-likeness (QED) is 0.736. The number of hydrogen-bond donors (Lipinski definition) is 1. The van der Waals surface area contributed by atoms with Crippen molar-refractivity contribution in [3.63, 3.8) is 0 Å². The van der Waals surface area contributed by atoms with Gasteiger partial charge in [0.25, 0.3) is 0 Å². The molecule has 0 spiro atoms. The van der Waals surface area contributed by atoms with Gasteiger partial charge in [0.1, 0.15) is 11.8 Å². The molecule has 0 heterocycles. The van der Waals surface area contributed by atoms with Crippen molar-refractivity contribution in [3.05, 3.63) is 78.4 Å². The molecule has 0 aromatic heterocycles. The lowest BCUT2D eigenvalue weighted by molar-refractivity contribution is -0.892. The van der Waals surface area contributed by atoms with E-state index in [2.05, 4.69) is 86.9 Å². The highest BCUT2D eigenvalue weighted by Gasteiger charge is 2.17. The number of rotatable bonds is 6. The minimum atomic E-state index is 0.450. The molecule has 0 aliphatic carbocycles. The van der Waals surface area contributed by atoms with Gasteiger partial charge < -0.3 is 9.64 Å². The maximum Gasteiger partial charge on any atom is 0.127 e. The van der Waals surface area contributed by atoms with E-state index in [-0.39, 0.29) is 0 Å². The molecule has 0 amide bonds. The van der Waals surface area contributed by atoms with E-state index >= 15 is 0 Å². The van der Waals surface area contributed by atoms with E-state index < -0.39 is 0 Å². The fourth-order valence-electron chi connectivity index (χ4n) is 3.08. The standard InChI is InChI=1S/C21H23NO/c1-22(2)20(18-10-4-3-5-11-18)15-16-23-21-14-8-12-17-9-6-7-13-19(17)21/h3-14,20H,15-16H2,1-2H3/p+1/t20-/m0/s1. The Kier molecular flexibility index (Phi) is 4.94. The Morgan fingerprint density at radius 1 is 0.826 bits per heavy atom. The summed E-state index contributed by atoms with van der Waals surface area (Å²) >= 11 is 0. The molecule has 0 radical (unpaired) electrons. The van der Waals surface area contributed by atoms with Gasteiger partial charge in [-0.3, -0.25) is 0 Å². The lowest BCUT2D eigenvalue weighted by atomic mass is 10.0. The molecule has 3 aromatic carbocycles. The SMILES string of the molecule is C[NH+](C)[C@@H](CCOc1cccc2ccccc12)c1ccccc1. The number of ether oxygens (including phenoxy) is 1. The Morgan fingerprint density at radius 2 is 1.52 bits per heavy atom. The molecule has 3 rings (SSSR count). The molecule has 0 bridgehead atoms. The molecule has 23 heavy (non-hydrogen) atoms. The molecular formula is C21H24NO+. The van der Waals surface area contributed by atoms with Crippen LogP contribution in [0.4, 0.5) is 0 Å². The third kappa shape index (κ3) is 3.72. The molecule has 0 saturated heterocycles. The van der Waals surface area contributed by atoms with Gasteiger partial charge >= 0.3 is 0 Å². The Balaban J connectivity index is 1.70. The Labute approximate surface area is 138 Å². The monoisotopic (exact) mass is 306 g/mol. The van der Waals surface area contributed by atoms with Crippen molar-refractivity contribution in [2.75, 3.05) is 20.7 Å². The normalized spacial score (nSPS) is 12.5. The van der Waals surface area contributed by atoms with Crippen molar-refractivity contribution in [1.29, 1.82) is 0 Å². The average Bonchev–Trinajstić information content (AvgIpc) is 2.59. The zero-order valence-corrected chi connectivity index (χ0v) is 13.8. The summed E-state index contributed by atoms with van der Waals surface area (Å²) in [5.74, 6) is 0.976. The van der Waals surface area contributed by atoms with E-state index in [0.29, 0.717) is 6.04 Å². The smallest absolute Gasteiger partial charge is 0.127 e. The molecule has 0 aliphatic heterocycles. The van der Waals surface area contributed by atoms with Crippen LogP contribution in [0.25, 0.3) is 10.8 Å². The molecule has 0 fully saturated rings. The second kappa shape index (κ2) is 7.30. The summed E-state index contributed by atoms with van der Waals surface area (Å²) < 4.78 is 6.11. The summed E-state index contributed by atoms with van der Waals surface area (Å²) in [6.07, 6.45) is 0.996. The van der Waals surface area contributed by atoms with Crippen LogP contribution in [0.3, 0.4) is 0 Å². The minimum Gasteiger partial charge on any atom is -0.493 e. The first-order valence-corrected chi connectivity index (χ1v) is 8.21. The number of nitrogens with one attached hydrogen (secondary N) is 1. The Bertz CT molecular complexity index is 747. The summed E-state index contributed by atoms with van der Waals surface area (Å²) in [7, 11) is 4.41. The van der Waals surface area contributed by atoms with Gasteiger partial charge in [-0.05, 0) is 11.5 Å². The van der Waals surface area contributed by atoms with E-state index in [1.165, 1.54) is 21.2 Å².